The number of ether oxygens (including phenoxy) is 1. The molecule has 5 rings (SSSR count). The minimum atomic E-state index is -0.154. The molecule has 7 nitrogen and oxygen atoms in total. The van der Waals surface area contributed by atoms with Crippen LogP contribution in [0.2, 0.25) is 0 Å². The smallest absolute Gasteiger partial charge is 0.322 e. The van der Waals surface area contributed by atoms with Gasteiger partial charge in [0.05, 0.1) is 5.52 Å². The number of nitrogens with one attached hydrogen (secondary N) is 1. The zero-order chi connectivity index (χ0) is 22.8. The Labute approximate surface area is 195 Å². The minimum Gasteiger partial charge on any atom is -0.489 e. The van der Waals surface area contributed by atoms with Crippen LogP contribution in [0.5, 0.6) is 5.75 Å². The maximum Gasteiger partial charge on any atom is 0.322 e. The summed E-state index contributed by atoms with van der Waals surface area (Å²) in [6, 6.07) is 17.4. The monoisotopic (exact) mass is 460 g/mol. The number of rotatable bonds is 5. The number of nitrogens with zero attached hydrogens (tertiary/aromatic N) is 3. The molecule has 1 aliphatic rings. The van der Waals surface area contributed by atoms with Crippen molar-refractivity contribution in [3.8, 4) is 5.75 Å². The Morgan fingerprint density at radius 1 is 1.21 bits per heavy atom. The molecule has 168 valence electrons. The molecule has 0 spiro atoms. The number of amides is 1. The van der Waals surface area contributed by atoms with Gasteiger partial charge in [-0.15, -0.1) is 0 Å². The number of aromatic amines is 1. The van der Waals surface area contributed by atoms with Gasteiger partial charge in [0.15, 0.2) is 0 Å². The average molecular weight is 461 g/mol. The molecule has 0 aliphatic carbocycles. The van der Waals surface area contributed by atoms with Crippen molar-refractivity contribution in [2.24, 2.45) is 0 Å². The van der Waals surface area contributed by atoms with E-state index in [2.05, 4.69) is 21.2 Å². The summed E-state index contributed by atoms with van der Waals surface area (Å²) in [6.07, 6.45) is 1.82. The van der Waals surface area contributed by atoms with Gasteiger partial charge in [0.25, 0.3) is 5.91 Å². The third-order valence-electron chi connectivity index (χ3n) is 5.94. The van der Waals surface area contributed by atoms with Gasteiger partial charge in [0, 0.05) is 41.2 Å². The molecule has 1 N–H and O–H groups in total. The molecule has 1 unspecified atom stereocenters. The Morgan fingerprint density at radius 2 is 2.03 bits per heavy atom. The van der Waals surface area contributed by atoms with E-state index >= 15 is 0 Å². The first kappa shape index (κ1) is 21.3. The van der Waals surface area contributed by atoms with Crippen molar-refractivity contribution in [1.29, 1.82) is 0 Å². The van der Waals surface area contributed by atoms with E-state index in [-0.39, 0.29) is 16.7 Å². The molecular formula is C25H24N4O3S. The van der Waals surface area contributed by atoms with Crippen LogP contribution in [0.4, 0.5) is 0 Å². The van der Waals surface area contributed by atoms with Gasteiger partial charge in [-0.25, -0.2) is 5.10 Å². The van der Waals surface area contributed by atoms with Gasteiger partial charge in [-0.2, -0.15) is 5.10 Å². The molecule has 2 aromatic heterocycles. The molecule has 8 heteroatoms. The summed E-state index contributed by atoms with van der Waals surface area (Å²) in [5.41, 5.74) is 3.62. The van der Waals surface area contributed by atoms with Crippen molar-refractivity contribution in [3.05, 3.63) is 86.1 Å². The molecule has 1 fully saturated rings. The molecule has 33 heavy (non-hydrogen) atoms. The van der Waals surface area contributed by atoms with Crippen molar-refractivity contribution >= 4 is 28.1 Å². The van der Waals surface area contributed by atoms with E-state index in [1.54, 1.807) is 0 Å². The number of carbonyl (C=O) groups excluding carboxylic acids is 1. The quantitative estimate of drug-likeness (QED) is 0.480. The van der Waals surface area contributed by atoms with Gasteiger partial charge in [0.2, 0.25) is 0 Å². The van der Waals surface area contributed by atoms with Crippen LogP contribution in [0.3, 0.4) is 0 Å². The number of benzene rings is 2. The molecule has 1 atom stereocenters. The second-order valence-corrected chi connectivity index (χ2v) is 9.29. The fraction of sp³-hybridized carbons (Fsp3) is 0.280. The predicted octanol–water partition coefficient (Wildman–Crippen LogP) is 4.29. The molecule has 1 saturated heterocycles. The van der Waals surface area contributed by atoms with E-state index in [4.69, 9.17) is 4.74 Å². The number of pyridine rings is 1. The summed E-state index contributed by atoms with van der Waals surface area (Å²) in [5, 5.41) is 8.44. The summed E-state index contributed by atoms with van der Waals surface area (Å²) in [7, 11) is 0. The maximum atomic E-state index is 13.0. The number of aromatic nitrogens is 3. The minimum absolute atomic E-state index is 0.00937. The third-order valence-corrected chi connectivity index (χ3v) is 6.85. The number of H-pyrrole nitrogens is 1. The molecule has 0 saturated carbocycles. The van der Waals surface area contributed by atoms with Gasteiger partial charge >= 0.3 is 4.87 Å². The molecule has 0 radical (unpaired) electrons. The number of fused-ring (bicyclic) bond motifs is 1. The highest BCUT2D eigenvalue weighted by Crippen LogP contribution is 2.28. The lowest BCUT2D eigenvalue weighted by Gasteiger charge is -2.31. The molecule has 3 heterocycles. The predicted molar refractivity (Wildman–Crippen MR) is 128 cm³/mol. The van der Waals surface area contributed by atoms with Crippen LogP contribution in [0.25, 0.3) is 10.9 Å². The maximum absolute atomic E-state index is 13.0. The highest BCUT2D eigenvalue weighted by molar-refractivity contribution is 7.08. The molecule has 0 bridgehead atoms. The summed E-state index contributed by atoms with van der Waals surface area (Å²) in [6.45, 7) is 3.69. The number of hydrogen-bond donors (Lipinski definition) is 1. The number of carbonyl (C=O) groups is 1. The average Bonchev–Trinajstić information content (AvgIpc) is 3.29. The second kappa shape index (κ2) is 9.15. The van der Waals surface area contributed by atoms with Crippen molar-refractivity contribution in [1.82, 2.24) is 20.1 Å². The first-order valence-electron chi connectivity index (χ1n) is 11.0. The number of piperidine rings is 1. The van der Waals surface area contributed by atoms with Crippen molar-refractivity contribution < 1.29 is 9.53 Å². The van der Waals surface area contributed by atoms with Crippen LogP contribution in [-0.4, -0.2) is 39.1 Å². The van der Waals surface area contributed by atoms with E-state index in [9.17, 15) is 9.59 Å². The Bertz CT molecular complexity index is 1350. The Hall–Kier alpha value is -3.52. The summed E-state index contributed by atoms with van der Waals surface area (Å²) in [4.78, 5) is 30.7. The van der Waals surface area contributed by atoms with Gasteiger partial charge in [-0.05, 0) is 56.2 Å². The number of likely N-dealkylation sites (tertiary alicyclic amines) is 1. The summed E-state index contributed by atoms with van der Waals surface area (Å²) in [5.74, 6) is 0.806. The SMILES string of the molecule is Cc1cc(COc2ccc(C(=O)N3CCCC(c4n[nH]c(=O)s4)C3)cc2)c2ccccc2n1. The van der Waals surface area contributed by atoms with Crippen LogP contribution in [0.15, 0.2) is 59.4 Å². The highest BCUT2D eigenvalue weighted by atomic mass is 32.1. The van der Waals surface area contributed by atoms with E-state index in [0.717, 1.165) is 51.3 Å². The fourth-order valence-electron chi connectivity index (χ4n) is 4.33. The summed E-state index contributed by atoms with van der Waals surface area (Å²) < 4.78 is 6.02. The number of para-hydroxylation sites is 1. The lowest BCUT2D eigenvalue weighted by molar-refractivity contribution is 0.0707. The normalized spacial score (nSPS) is 16.2. The van der Waals surface area contributed by atoms with Crippen LogP contribution in [0, 0.1) is 6.92 Å². The summed E-state index contributed by atoms with van der Waals surface area (Å²) >= 11 is 1.13. The lowest BCUT2D eigenvalue weighted by Crippen LogP contribution is -2.39. The molecule has 1 aliphatic heterocycles. The lowest BCUT2D eigenvalue weighted by atomic mass is 9.98. The van der Waals surface area contributed by atoms with Crippen LogP contribution >= 0.6 is 11.3 Å². The molecule has 4 aromatic rings. The van der Waals surface area contributed by atoms with Gasteiger partial charge in [0.1, 0.15) is 17.4 Å². The standard InChI is InChI=1S/C25H24N4O3S/c1-16-13-19(21-6-2-3-7-22(21)26-16)15-32-20-10-8-17(9-11-20)24(30)29-12-4-5-18(14-29)23-27-28-25(31)33-23/h2-3,6-11,13,18H,4-5,12,14-15H2,1H3,(H,28,31). The van der Waals surface area contributed by atoms with Gasteiger partial charge < -0.3 is 9.64 Å². The van der Waals surface area contributed by atoms with Crippen molar-refractivity contribution in [2.75, 3.05) is 13.1 Å². The second-order valence-electron chi connectivity index (χ2n) is 8.29. The zero-order valence-corrected chi connectivity index (χ0v) is 19.1. The Morgan fingerprint density at radius 3 is 2.82 bits per heavy atom. The van der Waals surface area contributed by atoms with Crippen LogP contribution in [-0.2, 0) is 6.61 Å². The van der Waals surface area contributed by atoms with Gasteiger partial charge in [-0.1, -0.05) is 29.5 Å². The van der Waals surface area contributed by atoms with Crippen LogP contribution in [0.1, 0.15) is 45.4 Å². The molecule has 2 aromatic carbocycles. The molecule has 1 amide bonds. The first-order chi connectivity index (χ1) is 16.1. The van der Waals surface area contributed by atoms with E-state index in [0.29, 0.717) is 31.0 Å². The largest absolute Gasteiger partial charge is 0.489 e. The Kier molecular flexibility index (Phi) is 5.92. The first-order valence-corrected chi connectivity index (χ1v) is 11.8. The Balaban J connectivity index is 1.25. The number of aryl methyl sites for hydroxylation is 1. The topological polar surface area (TPSA) is 88.2 Å². The van der Waals surface area contributed by atoms with Crippen LogP contribution < -0.4 is 9.61 Å². The van der Waals surface area contributed by atoms with E-state index in [1.165, 1.54) is 0 Å². The number of hydrogen-bond acceptors (Lipinski definition) is 6. The third kappa shape index (κ3) is 4.66. The highest BCUT2D eigenvalue weighted by Gasteiger charge is 2.27. The van der Waals surface area contributed by atoms with Gasteiger partial charge in [-0.3, -0.25) is 14.6 Å². The van der Waals surface area contributed by atoms with Crippen molar-refractivity contribution in [2.45, 2.75) is 32.3 Å². The van der Waals surface area contributed by atoms with E-state index < -0.39 is 0 Å². The zero-order valence-electron chi connectivity index (χ0n) is 18.3. The van der Waals surface area contributed by atoms with Crippen molar-refractivity contribution in [3.63, 3.8) is 0 Å². The molecular weight excluding hydrogens is 436 g/mol. The van der Waals surface area contributed by atoms with E-state index in [1.807, 2.05) is 60.4 Å². The fourth-order valence-corrected chi connectivity index (χ4v) is 5.06.